The van der Waals surface area contributed by atoms with Crippen LogP contribution in [0, 0.1) is 10.1 Å². The zero-order valence-corrected chi connectivity index (χ0v) is 13.7. The van der Waals surface area contributed by atoms with E-state index in [2.05, 4.69) is 0 Å². The number of methoxy groups -OCH3 is 1. The lowest BCUT2D eigenvalue weighted by Crippen LogP contribution is -1.97. The molecule has 0 saturated heterocycles. The van der Waals surface area contributed by atoms with Gasteiger partial charge in [-0.1, -0.05) is 42.5 Å². The highest BCUT2D eigenvalue weighted by atomic mass is 16.6. The maximum Gasteiger partial charge on any atom is 0.280 e. The van der Waals surface area contributed by atoms with E-state index in [1.807, 2.05) is 30.3 Å². The normalized spacial score (nSPS) is 10.3. The van der Waals surface area contributed by atoms with Crippen LogP contribution in [-0.4, -0.2) is 12.0 Å². The minimum absolute atomic E-state index is 0.00993. The average Bonchev–Trinajstić information content (AvgIpc) is 2.67. The number of nitro groups is 1. The van der Waals surface area contributed by atoms with Gasteiger partial charge in [-0.15, -0.1) is 0 Å². The molecule has 0 radical (unpaired) electrons. The zero-order chi connectivity index (χ0) is 17.6. The molecule has 3 rings (SSSR count). The van der Waals surface area contributed by atoms with Crippen LogP contribution in [0.2, 0.25) is 0 Å². The van der Waals surface area contributed by atoms with Crippen LogP contribution in [0.4, 0.5) is 5.69 Å². The molecule has 0 amide bonds. The third kappa shape index (κ3) is 3.95. The predicted octanol–water partition coefficient (Wildman–Crippen LogP) is 4.85. The molecule has 25 heavy (non-hydrogen) atoms. The summed E-state index contributed by atoms with van der Waals surface area (Å²) in [6.07, 6.45) is 0. The molecule has 0 spiro atoms. The highest BCUT2D eigenvalue weighted by molar-refractivity contribution is 5.75. The summed E-state index contributed by atoms with van der Waals surface area (Å²) in [5.74, 6) is 1.17. The molecule has 0 aliphatic rings. The molecule has 0 bridgehead atoms. The fourth-order valence-corrected chi connectivity index (χ4v) is 2.51. The molecule has 3 aromatic carbocycles. The molecule has 3 aromatic rings. The Morgan fingerprint density at radius 1 is 0.920 bits per heavy atom. The van der Waals surface area contributed by atoms with E-state index in [9.17, 15) is 10.1 Å². The molecule has 0 aliphatic carbocycles. The van der Waals surface area contributed by atoms with Gasteiger partial charge in [-0.05, 0) is 35.4 Å². The Morgan fingerprint density at radius 3 is 2.24 bits per heavy atom. The van der Waals surface area contributed by atoms with Crippen molar-refractivity contribution in [2.45, 2.75) is 6.61 Å². The van der Waals surface area contributed by atoms with Gasteiger partial charge in [-0.25, -0.2) is 0 Å². The van der Waals surface area contributed by atoms with Crippen molar-refractivity contribution in [3.63, 3.8) is 0 Å². The molecule has 0 atom stereocenters. The largest absolute Gasteiger partial charge is 0.497 e. The lowest BCUT2D eigenvalue weighted by molar-refractivity contribution is -0.384. The molecular formula is C20H17NO4. The van der Waals surface area contributed by atoms with Crippen molar-refractivity contribution in [2.24, 2.45) is 0 Å². The predicted molar refractivity (Wildman–Crippen MR) is 95.9 cm³/mol. The highest BCUT2D eigenvalue weighted by Crippen LogP contribution is 2.34. The molecule has 0 fully saturated rings. The number of rotatable bonds is 6. The van der Waals surface area contributed by atoms with Crippen LogP contribution in [0.15, 0.2) is 72.8 Å². The summed E-state index contributed by atoms with van der Waals surface area (Å²) in [5, 5.41) is 11.5. The monoisotopic (exact) mass is 335 g/mol. The minimum Gasteiger partial charge on any atom is -0.497 e. The van der Waals surface area contributed by atoms with Crippen molar-refractivity contribution in [3.8, 4) is 22.6 Å². The van der Waals surface area contributed by atoms with Crippen LogP contribution in [0.25, 0.3) is 11.1 Å². The molecule has 5 heteroatoms. The van der Waals surface area contributed by atoms with Gasteiger partial charge in [0.2, 0.25) is 0 Å². The molecule has 0 N–H and O–H groups in total. The smallest absolute Gasteiger partial charge is 0.280 e. The van der Waals surface area contributed by atoms with E-state index in [0.29, 0.717) is 23.7 Å². The van der Waals surface area contributed by atoms with Gasteiger partial charge in [-0.2, -0.15) is 0 Å². The van der Waals surface area contributed by atoms with E-state index in [0.717, 1.165) is 11.1 Å². The van der Waals surface area contributed by atoms with E-state index in [4.69, 9.17) is 9.47 Å². The topological polar surface area (TPSA) is 61.6 Å². The van der Waals surface area contributed by atoms with Gasteiger partial charge in [0.15, 0.2) is 0 Å². The maximum absolute atomic E-state index is 11.5. The minimum atomic E-state index is -0.394. The number of ether oxygens (including phenoxy) is 2. The Balaban J connectivity index is 1.86. The highest BCUT2D eigenvalue weighted by Gasteiger charge is 2.17. The lowest BCUT2D eigenvalue weighted by atomic mass is 10.0. The Morgan fingerprint density at radius 2 is 1.60 bits per heavy atom. The molecule has 0 heterocycles. The number of nitrogens with zero attached hydrogens (tertiary/aromatic N) is 1. The number of benzene rings is 3. The van der Waals surface area contributed by atoms with Crippen molar-refractivity contribution in [3.05, 3.63) is 88.5 Å². The Hall–Kier alpha value is -3.34. The second-order valence-electron chi connectivity index (χ2n) is 5.44. The van der Waals surface area contributed by atoms with E-state index in [-0.39, 0.29) is 5.69 Å². The summed E-state index contributed by atoms with van der Waals surface area (Å²) in [4.78, 5) is 11.1. The summed E-state index contributed by atoms with van der Waals surface area (Å²) in [7, 11) is 1.58. The lowest BCUT2D eigenvalue weighted by Gasteiger charge is -2.09. The van der Waals surface area contributed by atoms with E-state index in [1.54, 1.807) is 43.5 Å². The number of hydrogen-bond acceptors (Lipinski definition) is 4. The van der Waals surface area contributed by atoms with Crippen LogP contribution >= 0.6 is 0 Å². The summed E-state index contributed by atoms with van der Waals surface area (Å²) in [6.45, 7) is 0.361. The third-order valence-electron chi connectivity index (χ3n) is 3.82. The molecule has 0 aromatic heterocycles. The van der Waals surface area contributed by atoms with Gasteiger partial charge in [0.25, 0.3) is 5.69 Å². The fourth-order valence-electron chi connectivity index (χ4n) is 2.51. The molecule has 126 valence electrons. The fraction of sp³-hybridized carbons (Fsp3) is 0.100. The van der Waals surface area contributed by atoms with Gasteiger partial charge in [0.1, 0.15) is 18.1 Å². The van der Waals surface area contributed by atoms with Crippen molar-refractivity contribution in [1.29, 1.82) is 0 Å². The van der Waals surface area contributed by atoms with Gasteiger partial charge >= 0.3 is 0 Å². The molecule has 0 unspecified atom stereocenters. The van der Waals surface area contributed by atoms with Crippen LogP contribution in [0.5, 0.6) is 11.5 Å². The van der Waals surface area contributed by atoms with Crippen LogP contribution < -0.4 is 9.47 Å². The van der Waals surface area contributed by atoms with Gasteiger partial charge in [0, 0.05) is 0 Å². The van der Waals surface area contributed by atoms with Crippen molar-refractivity contribution < 1.29 is 14.4 Å². The standard InChI is InChI=1S/C20H17NO4/c1-24-17-9-7-16(8-10-17)19-12-11-18(13-20(19)21(22)23)25-14-15-5-3-2-4-6-15/h2-13H,14H2,1H3. The molecule has 0 saturated carbocycles. The van der Waals surface area contributed by atoms with Crippen LogP contribution in [-0.2, 0) is 6.61 Å². The first-order valence-electron chi connectivity index (χ1n) is 7.77. The van der Waals surface area contributed by atoms with Crippen LogP contribution in [0.1, 0.15) is 5.56 Å². The van der Waals surface area contributed by atoms with E-state index >= 15 is 0 Å². The van der Waals surface area contributed by atoms with E-state index in [1.165, 1.54) is 6.07 Å². The summed E-state index contributed by atoms with van der Waals surface area (Å²) in [5.41, 5.74) is 2.31. The number of hydrogen-bond donors (Lipinski definition) is 0. The Kier molecular flexibility index (Phi) is 4.95. The summed E-state index contributed by atoms with van der Waals surface area (Å²) in [6, 6.07) is 21.7. The van der Waals surface area contributed by atoms with Crippen molar-refractivity contribution in [2.75, 3.05) is 7.11 Å². The van der Waals surface area contributed by atoms with Crippen LogP contribution in [0.3, 0.4) is 0 Å². The first-order valence-corrected chi connectivity index (χ1v) is 7.77. The summed E-state index contributed by atoms with van der Waals surface area (Å²) < 4.78 is 10.8. The van der Waals surface area contributed by atoms with Gasteiger partial charge in [0.05, 0.1) is 23.7 Å². The van der Waals surface area contributed by atoms with Gasteiger partial charge in [-0.3, -0.25) is 10.1 Å². The third-order valence-corrected chi connectivity index (χ3v) is 3.82. The number of nitro benzene ring substituents is 1. The molecule has 0 aliphatic heterocycles. The first-order chi connectivity index (χ1) is 12.2. The summed E-state index contributed by atoms with van der Waals surface area (Å²) >= 11 is 0. The second-order valence-corrected chi connectivity index (χ2v) is 5.44. The maximum atomic E-state index is 11.5. The average molecular weight is 335 g/mol. The van der Waals surface area contributed by atoms with Gasteiger partial charge < -0.3 is 9.47 Å². The second kappa shape index (κ2) is 7.49. The molecule has 5 nitrogen and oxygen atoms in total. The zero-order valence-electron chi connectivity index (χ0n) is 13.7. The molecular weight excluding hydrogens is 318 g/mol. The first kappa shape index (κ1) is 16.5. The van der Waals surface area contributed by atoms with Crippen molar-refractivity contribution in [1.82, 2.24) is 0 Å². The Labute approximate surface area is 145 Å². The Bertz CT molecular complexity index is 861. The SMILES string of the molecule is COc1ccc(-c2ccc(OCc3ccccc3)cc2[N+](=O)[O-])cc1. The quantitative estimate of drug-likeness (QED) is 0.477. The van der Waals surface area contributed by atoms with E-state index < -0.39 is 4.92 Å². The van der Waals surface area contributed by atoms with Crippen molar-refractivity contribution >= 4 is 5.69 Å².